The largest absolute Gasteiger partial charge is 0.536 e. The number of nitrogens with zero attached hydrogens (tertiary/aromatic N) is 2. The van der Waals surface area contributed by atoms with Gasteiger partial charge in [-0.2, -0.15) is 26.9 Å². The van der Waals surface area contributed by atoms with Gasteiger partial charge in [-0.15, -0.1) is 0 Å². The molecule has 0 atom stereocenters. The average molecular weight is 374 g/mol. The molecular formula is C14H9F3N2O3S2. The predicted octanol–water partition coefficient (Wildman–Crippen LogP) is 3.71. The lowest BCUT2D eigenvalue weighted by atomic mass is 10.0. The van der Waals surface area contributed by atoms with Crippen LogP contribution < -0.4 is 0 Å². The van der Waals surface area contributed by atoms with Gasteiger partial charge in [0.15, 0.2) is 0 Å². The lowest BCUT2D eigenvalue weighted by Gasteiger charge is -2.06. The zero-order valence-corrected chi connectivity index (χ0v) is 13.7. The topological polar surface area (TPSA) is 79.5 Å². The van der Waals surface area contributed by atoms with E-state index in [1.807, 2.05) is 19.1 Å². The summed E-state index contributed by atoms with van der Waals surface area (Å²) in [7, 11) is -5.80. The van der Waals surface area contributed by atoms with Crippen LogP contribution in [0.3, 0.4) is 0 Å². The van der Waals surface area contributed by atoms with Crippen molar-refractivity contribution in [2.24, 2.45) is 5.16 Å². The minimum Gasteiger partial charge on any atom is -0.261 e. The van der Waals surface area contributed by atoms with Crippen molar-refractivity contribution < 1.29 is 25.9 Å². The Balaban J connectivity index is 2.27. The molecule has 0 aliphatic carbocycles. The van der Waals surface area contributed by atoms with Gasteiger partial charge in [0, 0.05) is 4.91 Å². The fourth-order valence-electron chi connectivity index (χ4n) is 1.74. The fourth-order valence-corrected chi connectivity index (χ4v) is 2.88. The Kier molecular flexibility index (Phi) is 5.05. The van der Waals surface area contributed by atoms with Crippen LogP contribution in [0, 0.1) is 18.3 Å². The molecular weight excluding hydrogens is 365 g/mol. The molecule has 0 aromatic heterocycles. The van der Waals surface area contributed by atoms with Crippen molar-refractivity contribution in [3.8, 4) is 6.07 Å². The highest BCUT2D eigenvalue weighted by Gasteiger charge is 2.49. The van der Waals surface area contributed by atoms with E-state index in [0.29, 0.717) is 16.0 Å². The van der Waals surface area contributed by atoms with E-state index >= 15 is 0 Å². The number of oxime groups is 1. The second kappa shape index (κ2) is 6.70. The molecule has 1 aliphatic heterocycles. The highest BCUT2D eigenvalue weighted by Crippen LogP contribution is 2.35. The van der Waals surface area contributed by atoms with Crippen LogP contribution in [0.4, 0.5) is 13.2 Å². The van der Waals surface area contributed by atoms with E-state index in [4.69, 9.17) is 0 Å². The number of alkyl halides is 3. The molecule has 24 heavy (non-hydrogen) atoms. The molecule has 0 N–H and O–H groups in total. The van der Waals surface area contributed by atoms with Gasteiger partial charge in [0.25, 0.3) is 0 Å². The van der Waals surface area contributed by atoms with Crippen molar-refractivity contribution in [3.05, 3.63) is 52.4 Å². The zero-order valence-electron chi connectivity index (χ0n) is 12.0. The van der Waals surface area contributed by atoms with Crippen LogP contribution in [-0.2, 0) is 14.4 Å². The van der Waals surface area contributed by atoms with E-state index < -0.39 is 15.6 Å². The van der Waals surface area contributed by atoms with Crippen LogP contribution in [0.15, 0.2) is 46.5 Å². The van der Waals surface area contributed by atoms with Crippen molar-refractivity contribution in [1.82, 2.24) is 0 Å². The molecule has 5 nitrogen and oxygen atoms in total. The van der Waals surface area contributed by atoms with Crippen molar-refractivity contribution in [3.63, 3.8) is 0 Å². The van der Waals surface area contributed by atoms with Crippen molar-refractivity contribution in [2.75, 3.05) is 0 Å². The maximum Gasteiger partial charge on any atom is 0.536 e. The molecule has 1 aliphatic rings. The molecule has 1 aromatic carbocycles. The summed E-state index contributed by atoms with van der Waals surface area (Å²) in [4.78, 5) is 0.429. The lowest BCUT2D eigenvalue weighted by Crippen LogP contribution is -2.24. The first-order chi connectivity index (χ1) is 11.2. The van der Waals surface area contributed by atoms with Gasteiger partial charge in [-0.25, -0.2) is 0 Å². The van der Waals surface area contributed by atoms with E-state index in [2.05, 4.69) is 9.44 Å². The maximum absolute atomic E-state index is 12.2. The average Bonchev–Trinajstić information content (AvgIpc) is 2.96. The fraction of sp³-hybridized carbons (Fsp3) is 0.143. The predicted molar refractivity (Wildman–Crippen MR) is 83.9 cm³/mol. The molecule has 0 bridgehead atoms. The van der Waals surface area contributed by atoms with E-state index in [9.17, 15) is 26.9 Å². The third-order valence-corrected chi connectivity index (χ3v) is 4.69. The Morgan fingerprint density at radius 3 is 2.54 bits per heavy atom. The molecule has 0 unspecified atom stereocenters. The highest BCUT2D eigenvalue weighted by molar-refractivity contribution is 8.18. The SMILES string of the molecule is Cc1ccccc1/C(C#N)=C1\C=CC(=NOS(=O)(=O)C(F)(F)F)S1. The van der Waals surface area contributed by atoms with Crippen LogP contribution in [-0.4, -0.2) is 19.0 Å². The smallest absolute Gasteiger partial charge is 0.261 e. The van der Waals surface area contributed by atoms with Crippen LogP contribution >= 0.6 is 11.8 Å². The number of nitriles is 1. The summed E-state index contributed by atoms with van der Waals surface area (Å²) >= 11 is 0.837. The Morgan fingerprint density at radius 1 is 1.29 bits per heavy atom. The van der Waals surface area contributed by atoms with Gasteiger partial charge in [-0.05, 0) is 30.2 Å². The molecule has 10 heteroatoms. The highest BCUT2D eigenvalue weighted by atomic mass is 32.2. The molecule has 0 fully saturated rings. The number of benzene rings is 1. The van der Waals surface area contributed by atoms with Gasteiger partial charge in [-0.3, -0.25) is 4.28 Å². The van der Waals surface area contributed by atoms with Gasteiger partial charge in [-0.1, -0.05) is 41.2 Å². The van der Waals surface area contributed by atoms with Crippen LogP contribution in [0.2, 0.25) is 0 Å². The summed E-state index contributed by atoms with van der Waals surface area (Å²) in [5.74, 6) is 0. The summed E-state index contributed by atoms with van der Waals surface area (Å²) in [5.41, 5.74) is -3.74. The Labute approximate surface area is 140 Å². The number of hydrogen-bond acceptors (Lipinski definition) is 6. The number of hydrogen-bond donors (Lipinski definition) is 0. The van der Waals surface area contributed by atoms with Gasteiger partial charge < -0.3 is 0 Å². The first kappa shape index (κ1) is 18.1. The molecule has 0 saturated carbocycles. The standard InChI is InChI=1S/C14H9F3N2O3S2/c1-9-4-2-3-5-10(9)11(8-18)12-6-7-13(23-12)19-22-24(20,21)14(15,16)17/h2-7H,1H3/b12-11+,19-13?. The second-order valence-corrected chi connectivity index (χ2v) is 7.09. The number of rotatable bonds is 3. The van der Waals surface area contributed by atoms with Gasteiger partial charge in [0.1, 0.15) is 11.1 Å². The lowest BCUT2D eigenvalue weighted by molar-refractivity contribution is -0.0540. The van der Waals surface area contributed by atoms with E-state index in [-0.39, 0.29) is 5.04 Å². The normalized spacial score (nSPS) is 18.5. The minimum absolute atomic E-state index is 0.112. The zero-order chi connectivity index (χ0) is 18.0. The summed E-state index contributed by atoms with van der Waals surface area (Å²) in [6.45, 7) is 1.81. The van der Waals surface area contributed by atoms with E-state index in [0.717, 1.165) is 17.3 Å². The molecule has 0 amide bonds. The van der Waals surface area contributed by atoms with E-state index in [1.165, 1.54) is 12.2 Å². The Morgan fingerprint density at radius 2 is 1.96 bits per heavy atom. The van der Waals surface area contributed by atoms with Crippen LogP contribution in [0.25, 0.3) is 5.57 Å². The molecule has 0 radical (unpaired) electrons. The summed E-state index contributed by atoms with van der Waals surface area (Å²) < 4.78 is 61.7. The third kappa shape index (κ3) is 3.80. The maximum atomic E-state index is 12.2. The number of thioether (sulfide) groups is 1. The first-order valence-corrected chi connectivity index (χ1v) is 8.52. The van der Waals surface area contributed by atoms with Crippen molar-refractivity contribution >= 4 is 32.5 Å². The number of allylic oxidation sites excluding steroid dienone is 2. The molecule has 2 rings (SSSR count). The molecule has 1 heterocycles. The van der Waals surface area contributed by atoms with Gasteiger partial charge >= 0.3 is 15.6 Å². The molecule has 0 spiro atoms. The van der Waals surface area contributed by atoms with Crippen molar-refractivity contribution in [2.45, 2.75) is 12.4 Å². The van der Waals surface area contributed by atoms with Gasteiger partial charge in [0.2, 0.25) is 0 Å². The van der Waals surface area contributed by atoms with E-state index in [1.54, 1.807) is 18.2 Å². The van der Waals surface area contributed by atoms with Crippen molar-refractivity contribution in [1.29, 1.82) is 5.26 Å². The summed E-state index contributed by atoms with van der Waals surface area (Å²) in [5, 5.41) is 12.2. The molecule has 1 aromatic rings. The Bertz CT molecular complexity index is 895. The monoisotopic (exact) mass is 374 g/mol. The molecule has 126 valence electrons. The van der Waals surface area contributed by atoms with Crippen LogP contribution in [0.5, 0.6) is 0 Å². The third-order valence-electron chi connectivity index (χ3n) is 2.87. The molecule has 0 saturated heterocycles. The first-order valence-electron chi connectivity index (χ1n) is 6.30. The Hall–Kier alpha value is -2.25. The summed E-state index contributed by atoms with van der Waals surface area (Å²) in [6.07, 6.45) is 2.72. The summed E-state index contributed by atoms with van der Waals surface area (Å²) in [6, 6.07) is 9.13. The number of halogens is 3. The minimum atomic E-state index is -5.80. The second-order valence-electron chi connectivity index (χ2n) is 4.51. The van der Waals surface area contributed by atoms with Crippen LogP contribution in [0.1, 0.15) is 11.1 Å². The van der Waals surface area contributed by atoms with Gasteiger partial charge in [0.05, 0.1) is 5.57 Å². The number of aryl methyl sites for hydroxylation is 1. The quantitative estimate of drug-likeness (QED) is 0.458.